The minimum Gasteiger partial charge on any atom is -0.486 e. The molecule has 36 heavy (non-hydrogen) atoms. The fourth-order valence-corrected chi connectivity index (χ4v) is 5.14. The van der Waals surface area contributed by atoms with Gasteiger partial charge in [0.15, 0.2) is 11.5 Å². The maximum atomic E-state index is 13.4. The van der Waals surface area contributed by atoms with E-state index < -0.39 is 24.0 Å². The van der Waals surface area contributed by atoms with Crippen LogP contribution in [0.3, 0.4) is 0 Å². The lowest BCUT2D eigenvalue weighted by atomic mass is 9.91. The summed E-state index contributed by atoms with van der Waals surface area (Å²) in [5.74, 6) is -0.178. The molecule has 4 rings (SSSR count). The van der Waals surface area contributed by atoms with Gasteiger partial charge in [0.05, 0.1) is 24.4 Å². The van der Waals surface area contributed by atoms with Crippen molar-refractivity contribution in [3.63, 3.8) is 0 Å². The lowest BCUT2D eigenvalue weighted by molar-refractivity contribution is -0.158. The third-order valence-corrected chi connectivity index (χ3v) is 6.87. The Labute approximate surface area is 208 Å². The van der Waals surface area contributed by atoms with Gasteiger partial charge in [0, 0.05) is 12.6 Å². The molecule has 0 radical (unpaired) electrons. The normalized spacial score (nSPS) is 20.0. The van der Waals surface area contributed by atoms with E-state index in [-0.39, 0.29) is 25.5 Å². The van der Waals surface area contributed by atoms with Crippen LogP contribution in [-0.2, 0) is 25.7 Å². The Morgan fingerprint density at radius 3 is 2.69 bits per heavy atom. The number of hydrogen-bond donors (Lipinski definition) is 2. The molecule has 0 spiro atoms. The number of pyridine rings is 1. The first-order valence-electron chi connectivity index (χ1n) is 12.4. The first-order chi connectivity index (χ1) is 17.4. The van der Waals surface area contributed by atoms with Crippen LogP contribution in [0.15, 0.2) is 12.3 Å². The van der Waals surface area contributed by atoms with E-state index in [1.54, 1.807) is 6.07 Å². The summed E-state index contributed by atoms with van der Waals surface area (Å²) in [5, 5.41) is 12.4. The molecule has 0 bridgehead atoms. The van der Waals surface area contributed by atoms with Crippen LogP contribution in [0, 0.1) is 11.8 Å². The molecule has 1 aromatic heterocycles. The summed E-state index contributed by atoms with van der Waals surface area (Å²) in [5.41, 5.74) is 0.429. The number of carbonyl (C=O) groups excluding carboxylic acids is 4. The van der Waals surface area contributed by atoms with Crippen LogP contribution in [0.25, 0.3) is 0 Å². The van der Waals surface area contributed by atoms with Gasteiger partial charge in [0.2, 0.25) is 12.3 Å². The number of rotatable bonds is 9. The number of imide groups is 1. The maximum Gasteiger partial charge on any atom is 0.414 e. The molecule has 2 N–H and O–H groups in total. The molecule has 2 aliphatic heterocycles. The lowest BCUT2D eigenvalue weighted by Crippen LogP contribution is -2.50. The highest BCUT2D eigenvalue weighted by molar-refractivity contribution is 5.97. The lowest BCUT2D eigenvalue weighted by Gasteiger charge is -2.30. The standard InChI is InChI=1S/C24H32N4O8/c29-15-27(33)13-17(10-16-4-1-2-5-16)23(31)28-7-3-6-19(28)22(30)26-24(32)36-14-18-11-20-21(12-25-18)35-9-8-34-20/h11-12,15-17,19,33H,1-10,13-14H2,(H,26,30,32)/t17?,19-/m0/s1. The van der Waals surface area contributed by atoms with E-state index in [4.69, 9.17) is 14.2 Å². The number of likely N-dealkylation sites (tertiary alicyclic amines) is 1. The number of nitrogens with one attached hydrogen (secondary N) is 1. The average molecular weight is 505 g/mol. The highest BCUT2D eigenvalue weighted by Crippen LogP contribution is 2.32. The third-order valence-electron chi connectivity index (χ3n) is 6.87. The van der Waals surface area contributed by atoms with E-state index >= 15 is 0 Å². The van der Waals surface area contributed by atoms with Gasteiger partial charge in [0.1, 0.15) is 25.9 Å². The zero-order chi connectivity index (χ0) is 25.5. The number of alkyl carbamates (subject to hydrolysis) is 1. The second kappa shape index (κ2) is 12.0. The van der Waals surface area contributed by atoms with Crippen molar-refractivity contribution in [1.82, 2.24) is 20.3 Å². The quantitative estimate of drug-likeness (QED) is 0.291. The van der Waals surface area contributed by atoms with Crippen LogP contribution in [0.4, 0.5) is 4.79 Å². The van der Waals surface area contributed by atoms with Crippen molar-refractivity contribution in [1.29, 1.82) is 0 Å². The fraction of sp³-hybridized carbons (Fsp3) is 0.625. The zero-order valence-electron chi connectivity index (χ0n) is 20.1. The van der Waals surface area contributed by atoms with Gasteiger partial charge in [-0.3, -0.25) is 29.9 Å². The van der Waals surface area contributed by atoms with Gasteiger partial charge in [-0.05, 0) is 25.2 Å². The monoisotopic (exact) mass is 504 g/mol. The molecule has 1 aromatic rings. The molecule has 1 aliphatic carbocycles. The van der Waals surface area contributed by atoms with Crippen molar-refractivity contribution < 1.29 is 38.6 Å². The summed E-state index contributed by atoms with van der Waals surface area (Å²) < 4.78 is 16.0. The van der Waals surface area contributed by atoms with Crippen molar-refractivity contribution >= 4 is 24.3 Å². The number of fused-ring (bicyclic) bond motifs is 1. The highest BCUT2D eigenvalue weighted by Gasteiger charge is 2.39. The maximum absolute atomic E-state index is 13.4. The van der Waals surface area contributed by atoms with Crippen molar-refractivity contribution in [2.45, 2.75) is 57.6 Å². The van der Waals surface area contributed by atoms with E-state index in [2.05, 4.69) is 10.3 Å². The van der Waals surface area contributed by atoms with E-state index in [9.17, 15) is 24.4 Å². The molecule has 12 heteroatoms. The molecule has 12 nitrogen and oxygen atoms in total. The molecule has 2 fully saturated rings. The zero-order valence-corrected chi connectivity index (χ0v) is 20.1. The predicted molar refractivity (Wildman–Crippen MR) is 123 cm³/mol. The SMILES string of the molecule is O=CN(O)CC(CC1CCCC1)C(=O)N1CCC[C@H]1C(=O)NC(=O)OCc1cc2c(cn1)OCCO2. The molecule has 2 atom stereocenters. The van der Waals surface area contributed by atoms with Gasteiger partial charge < -0.3 is 19.1 Å². The van der Waals surface area contributed by atoms with Crippen molar-refractivity contribution in [3.8, 4) is 11.5 Å². The largest absolute Gasteiger partial charge is 0.486 e. The molecule has 3 aliphatic rings. The Kier molecular flexibility index (Phi) is 8.57. The number of hydroxylamine groups is 2. The predicted octanol–water partition coefficient (Wildman–Crippen LogP) is 1.64. The number of aromatic nitrogens is 1. The van der Waals surface area contributed by atoms with E-state index in [1.807, 2.05) is 0 Å². The van der Waals surface area contributed by atoms with Crippen molar-refractivity contribution in [3.05, 3.63) is 18.0 Å². The number of carbonyl (C=O) groups is 4. The van der Waals surface area contributed by atoms with Crippen LogP contribution >= 0.6 is 0 Å². The highest BCUT2D eigenvalue weighted by atomic mass is 16.6. The van der Waals surface area contributed by atoms with Gasteiger partial charge in [-0.15, -0.1) is 0 Å². The Balaban J connectivity index is 1.32. The molecule has 1 saturated carbocycles. The third kappa shape index (κ3) is 6.42. The minimum absolute atomic E-state index is 0.131. The number of amides is 4. The van der Waals surface area contributed by atoms with Crippen LogP contribution in [0.2, 0.25) is 0 Å². The topological polar surface area (TPSA) is 148 Å². The summed E-state index contributed by atoms with van der Waals surface area (Å²) in [7, 11) is 0. The average Bonchev–Trinajstić information content (AvgIpc) is 3.59. The van der Waals surface area contributed by atoms with Crippen molar-refractivity contribution in [2.24, 2.45) is 11.8 Å². The fourth-order valence-electron chi connectivity index (χ4n) is 5.14. The summed E-state index contributed by atoms with van der Waals surface area (Å²) in [6.07, 6.45) is 6.57. The van der Waals surface area contributed by atoms with Gasteiger partial charge >= 0.3 is 6.09 Å². The van der Waals surface area contributed by atoms with E-state index in [1.165, 1.54) is 11.1 Å². The van der Waals surface area contributed by atoms with Crippen LogP contribution in [0.5, 0.6) is 11.5 Å². The van der Waals surface area contributed by atoms with Gasteiger partial charge in [0.25, 0.3) is 5.91 Å². The van der Waals surface area contributed by atoms with Gasteiger partial charge in [-0.25, -0.2) is 9.86 Å². The molecule has 3 heterocycles. The second-order valence-electron chi connectivity index (χ2n) is 9.38. The molecule has 4 amide bonds. The molecular weight excluding hydrogens is 472 g/mol. The van der Waals surface area contributed by atoms with Gasteiger partial charge in [-0.2, -0.15) is 0 Å². The molecule has 196 valence electrons. The molecule has 1 saturated heterocycles. The summed E-state index contributed by atoms with van der Waals surface area (Å²) >= 11 is 0. The summed E-state index contributed by atoms with van der Waals surface area (Å²) in [6.45, 7) is 0.905. The van der Waals surface area contributed by atoms with Crippen LogP contribution in [-0.4, -0.2) is 76.8 Å². The van der Waals surface area contributed by atoms with E-state index in [0.29, 0.717) is 67.2 Å². The Morgan fingerprint density at radius 1 is 1.19 bits per heavy atom. The van der Waals surface area contributed by atoms with Crippen LogP contribution < -0.4 is 14.8 Å². The van der Waals surface area contributed by atoms with Crippen LogP contribution in [0.1, 0.15) is 50.6 Å². The number of ether oxygens (including phenoxy) is 3. The number of nitrogens with zero attached hydrogens (tertiary/aromatic N) is 3. The second-order valence-corrected chi connectivity index (χ2v) is 9.38. The molecular formula is C24H32N4O8. The molecule has 1 unspecified atom stereocenters. The Bertz CT molecular complexity index is 967. The molecule has 0 aromatic carbocycles. The summed E-state index contributed by atoms with van der Waals surface area (Å²) in [4.78, 5) is 55.0. The first kappa shape index (κ1) is 25.7. The number of hydrogen-bond acceptors (Lipinski definition) is 9. The minimum atomic E-state index is -0.944. The van der Waals surface area contributed by atoms with Crippen molar-refractivity contribution in [2.75, 3.05) is 26.3 Å². The first-order valence-corrected chi connectivity index (χ1v) is 12.4. The Hall–Kier alpha value is -3.41. The van der Waals surface area contributed by atoms with Gasteiger partial charge in [-0.1, -0.05) is 25.7 Å². The summed E-state index contributed by atoms with van der Waals surface area (Å²) in [6, 6.07) is 0.779. The van der Waals surface area contributed by atoms with E-state index in [0.717, 1.165) is 25.7 Å². The Morgan fingerprint density at radius 2 is 1.94 bits per heavy atom. The smallest absolute Gasteiger partial charge is 0.414 e.